The van der Waals surface area contributed by atoms with Crippen molar-refractivity contribution < 1.29 is 9.53 Å². The first-order chi connectivity index (χ1) is 14.0. The highest BCUT2D eigenvalue weighted by Gasteiger charge is 2.26. The van der Waals surface area contributed by atoms with Crippen LogP contribution in [-0.4, -0.2) is 53.8 Å². The van der Waals surface area contributed by atoms with Crippen molar-refractivity contribution in [2.75, 3.05) is 26.3 Å². The molecule has 6 heteroatoms. The predicted octanol–water partition coefficient (Wildman–Crippen LogP) is 3.09. The quantitative estimate of drug-likeness (QED) is 0.852. The van der Waals surface area contributed by atoms with Crippen LogP contribution in [0, 0.1) is 6.92 Å². The molecule has 2 aliphatic rings. The van der Waals surface area contributed by atoms with Gasteiger partial charge in [0.05, 0.1) is 6.04 Å². The molecule has 0 spiro atoms. The molecule has 0 saturated carbocycles. The van der Waals surface area contributed by atoms with E-state index in [4.69, 9.17) is 15.5 Å². The van der Waals surface area contributed by atoms with Gasteiger partial charge in [-0.05, 0) is 36.8 Å². The Labute approximate surface area is 171 Å². The van der Waals surface area contributed by atoms with Gasteiger partial charge in [-0.25, -0.2) is 0 Å². The van der Waals surface area contributed by atoms with Crippen molar-refractivity contribution in [2.45, 2.75) is 39.2 Å². The van der Waals surface area contributed by atoms with E-state index in [9.17, 15) is 4.79 Å². The first-order valence-electron chi connectivity index (χ1n) is 10.3. The second-order valence-corrected chi connectivity index (χ2v) is 7.85. The number of carbonyl (C=O) groups is 1. The van der Waals surface area contributed by atoms with E-state index in [-0.39, 0.29) is 11.9 Å². The zero-order valence-electron chi connectivity index (χ0n) is 17.1. The number of fused-ring (bicyclic) bond motifs is 1. The minimum atomic E-state index is 0.0656. The lowest BCUT2D eigenvalue weighted by Gasteiger charge is -2.31. The number of benzene rings is 1. The van der Waals surface area contributed by atoms with Crippen LogP contribution in [0.25, 0.3) is 16.5 Å². The minimum absolute atomic E-state index is 0.0656. The summed E-state index contributed by atoms with van der Waals surface area (Å²) in [7, 11) is 0. The number of piperidine rings is 1. The number of nitrogens with two attached hydrogens (primary N) is 1. The maximum atomic E-state index is 12.1. The number of ether oxygens (including phenoxy) is 1. The average Bonchev–Trinajstić information content (AvgIpc) is 2.75. The topological polar surface area (TPSA) is 80.8 Å². The number of amides is 1. The molecule has 2 aromatic rings. The first kappa shape index (κ1) is 19.6. The summed E-state index contributed by atoms with van der Waals surface area (Å²) in [5, 5.41) is 2.17. The third kappa shape index (κ3) is 4.03. The summed E-state index contributed by atoms with van der Waals surface area (Å²) in [6, 6.07) is 6.43. The van der Waals surface area contributed by atoms with Crippen molar-refractivity contribution in [2.24, 2.45) is 10.7 Å². The van der Waals surface area contributed by atoms with Crippen LogP contribution in [0.3, 0.4) is 0 Å². The molecule has 29 heavy (non-hydrogen) atoms. The van der Waals surface area contributed by atoms with Crippen molar-refractivity contribution >= 4 is 28.1 Å². The molecule has 6 nitrogen and oxygen atoms in total. The lowest BCUT2D eigenvalue weighted by Crippen LogP contribution is -2.40. The van der Waals surface area contributed by atoms with Gasteiger partial charge in [0.1, 0.15) is 0 Å². The number of nitrogens with zero attached hydrogens (tertiary/aromatic N) is 3. The molecule has 0 aliphatic carbocycles. The molecule has 2 fully saturated rings. The summed E-state index contributed by atoms with van der Waals surface area (Å²) >= 11 is 0. The molecule has 1 aromatic carbocycles. The Bertz CT molecular complexity index is 990. The Morgan fingerprint density at radius 1 is 1.24 bits per heavy atom. The summed E-state index contributed by atoms with van der Waals surface area (Å²) in [4.78, 5) is 23.3. The molecule has 0 unspecified atom stereocenters. The number of hydrogen-bond acceptors (Lipinski definition) is 5. The second kappa shape index (κ2) is 8.33. The zero-order valence-corrected chi connectivity index (χ0v) is 17.1. The van der Waals surface area contributed by atoms with Gasteiger partial charge in [-0.1, -0.05) is 12.1 Å². The van der Waals surface area contributed by atoms with Crippen molar-refractivity contribution in [3.05, 3.63) is 47.3 Å². The van der Waals surface area contributed by atoms with Gasteiger partial charge >= 0.3 is 0 Å². The number of pyridine rings is 1. The van der Waals surface area contributed by atoms with Crippen LogP contribution in [0.5, 0.6) is 0 Å². The van der Waals surface area contributed by atoms with Crippen LogP contribution < -0.4 is 5.73 Å². The molecule has 2 N–H and O–H groups in total. The molecule has 152 valence electrons. The molecule has 2 aliphatic heterocycles. The monoisotopic (exact) mass is 392 g/mol. The predicted molar refractivity (Wildman–Crippen MR) is 116 cm³/mol. The van der Waals surface area contributed by atoms with Crippen LogP contribution in [0.1, 0.15) is 37.3 Å². The maximum Gasteiger partial charge on any atom is 0.219 e. The lowest BCUT2D eigenvalue weighted by atomic mass is 9.93. The van der Waals surface area contributed by atoms with Crippen molar-refractivity contribution in [3.63, 3.8) is 0 Å². The van der Waals surface area contributed by atoms with Gasteiger partial charge in [-0.3, -0.25) is 14.8 Å². The van der Waals surface area contributed by atoms with Gasteiger partial charge in [-0.2, -0.15) is 0 Å². The third-order valence-corrected chi connectivity index (χ3v) is 5.94. The Balaban J connectivity index is 1.81. The minimum Gasteiger partial charge on any atom is -0.398 e. The molecule has 3 heterocycles. The van der Waals surface area contributed by atoms with E-state index in [1.54, 1.807) is 13.1 Å². The SMILES string of the molecule is CC(=O)N1CCC(=NC2CCOCC2)C(=C(N)c2ccc(C)c3ccncc23)C1. The molecule has 0 bridgehead atoms. The van der Waals surface area contributed by atoms with Gasteiger partial charge < -0.3 is 15.4 Å². The fourth-order valence-electron chi connectivity index (χ4n) is 4.18. The van der Waals surface area contributed by atoms with Crippen LogP contribution in [0.4, 0.5) is 0 Å². The van der Waals surface area contributed by atoms with Crippen molar-refractivity contribution in [1.82, 2.24) is 9.88 Å². The van der Waals surface area contributed by atoms with Crippen molar-refractivity contribution in [3.8, 4) is 0 Å². The Kier molecular flexibility index (Phi) is 5.62. The molecular formula is C23H28N4O2. The zero-order chi connectivity index (χ0) is 20.4. The summed E-state index contributed by atoms with van der Waals surface area (Å²) in [5.74, 6) is 0.0656. The maximum absolute atomic E-state index is 12.1. The fraction of sp³-hybridized carbons (Fsp3) is 0.435. The van der Waals surface area contributed by atoms with Crippen LogP contribution >= 0.6 is 0 Å². The van der Waals surface area contributed by atoms with E-state index in [0.29, 0.717) is 18.8 Å². The van der Waals surface area contributed by atoms with E-state index in [1.807, 2.05) is 17.2 Å². The van der Waals surface area contributed by atoms with Crippen molar-refractivity contribution in [1.29, 1.82) is 0 Å². The third-order valence-electron chi connectivity index (χ3n) is 5.94. The Hall–Kier alpha value is -2.73. The van der Waals surface area contributed by atoms with Gasteiger partial charge in [-0.15, -0.1) is 0 Å². The van der Waals surface area contributed by atoms with E-state index in [1.165, 1.54) is 5.56 Å². The van der Waals surface area contributed by atoms with E-state index < -0.39 is 0 Å². The summed E-state index contributed by atoms with van der Waals surface area (Å²) < 4.78 is 5.47. The number of aromatic nitrogens is 1. The number of rotatable bonds is 2. The van der Waals surface area contributed by atoms with Gasteiger partial charge in [0, 0.05) is 80.0 Å². The summed E-state index contributed by atoms with van der Waals surface area (Å²) in [6.07, 6.45) is 6.27. The Morgan fingerprint density at radius 2 is 2.03 bits per heavy atom. The number of carbonyl (C=O) groups excluding carboxylic acids is 1. The largest absolute Gasteiger partial charge is 0.398 e. The van der Waals surface area contributed by atoms with E-state index in [0.717, 1.165) is 60.1 Å². The fourth-order valence-corrected chi connectivity index (χ4v) is 4.18. The van der Waals surface area contributed by atoms with Crippen LogP contribution in [0.15, 0.2) is 41.2 Å². The van der Waals surface area contributed by atoms with E-state index in [2.05, 4.69) is 24.0 Å². The molecule has 4 rings (SSSR count). The van der Waals surface area contributed by atoms with Gasteiger partial charge in [0.15, 0.2) is 0 Å². The average molecular weight is 393 g/mol. The second-order valence-electron chi connectivity index (χ2n) is 7.85. The molecule has 1 aromatic heterocycles. The number of likely N-dealkylation sites (tertiary alicyclic amines) is 1. The number of hydrogen-bond donors (Lipinski definition) is 1. The van der Waals surface area contributed by atoms with Crippen LogP contribution in [-0.2, 0) is 9.53 Å². The highest BCUT2D eigenvalue weighted by atomic mass is 16.5. The molecule has 1 amide bonds. The van der Waals surface area contributed by atoms with Crippen LogP contribution in [0.2, 0.25) is 0 Å². The molecular weight excluding hydrogens is 364 g/mol. The Morgan fingerprint density at radius 3 is 2.79 bits per heavy atom. The number of aliphatic imine (C=N–C) groups is 1. The first-order valence-corrected chi connectivity index (χ1v) is 10.3. The summed E-state index contributed by atoms with van der Waals surface area (Å²) in [6.45, 7) is 6.39. The van der Waals surface area contributed by atoms with Gasteiger partial charge in [0.2, 0.25) is 5.91 Å². The van der Waals surface area contributed by atoms with Gasteiger partial charge in [0.25, 0.3) is 0 Å². The smallest absolute Gasteiger partial charge is 0.219 e. The molecule has 0 atom stereocenters. The molecule has 0 radical (unpaired) electrons. The molecule has 2 saturated heterocycles. The standard InChI is InChI=1S/C23H28N4O2/c1-15-3-4-19(20-13-25-9-5-18(15)20)23(24)21-14-27(16(2)28)10-6-22(21)26-17-7-11-29-12-8-17/h3-5,9,13,17H,6-8,10-12,14,24H2,1-2H3. The number of aryl methyl sites for hydroxylation is 1. The normalized spacial score (nSPS) is 21.6. The highest BCUT2D eigenvalue weighted by molar-refractivity contribution is 6.10. The van der Waals surface area contributed by atoms with E-state index >= 15 is 0 Å². The highest BCUT2D eigenvalue weighted by Crippen LogP contribution is 2.29. The summed E-state index contributed by atoms with van der Waals surface area (Å²) in [5.41, 5.74) is 11.6. The lowest BCUT2D eigenvalue weighted by molar-refractivity contribution is -0.128.